The van der Waals surface area contributed by atoms with Crippen molar-refractivity contribution in [3.63, 3.8) is 0 Å². The fraction of sp³-hybridized carbons (Fsp3) is 0.333. The number of rotatable bonds is 10. The van der Waals surface area contributed by atoms with Crippen molar-refractivity contribution in [2.24, 2.45) is 4.99 Å². The third kappa shape index (κ3) is 7.08. The second kappa shape index (κ2) is 12.1. The minimum absolute atomic E-state index is 0.526. The summed E-state index contributed by atoms with van der Waals surface area (Å²) in [6.45, 7) is 4.52. The standard InChI is InChI=1S/C24H30N4O2S/c1-18-9-10-20(22(15-18)30-14-13-29-3)16-27-24(25-2)26-12-11-21-17-31-23(28-21)19-7-5-4-6-8-19/h4-10,15,17H,11-14,16H2,1-3H3,(H2,25,26,27). The van der Waals surface area contributed by atoms with E-state index in [0.29, 0.717) is 19.8 Å². The molecule has 0 radical (unpaired) electrons. The van der Waals surface area contributed by atoms with Crippen LogP contribution < -0.4 is 15.4 Å². The minimum atomic E-state index is 0.526. The van der Waals surface area contributed by atoms with Crippen molar-refractivity contribution >= 4 is 17.3 Å². The zero-order valence-electron chi connectivity index (χ0n) is 18.4. The lowest BCUT2D eigenvalue weighted by atomic mass is 10.1. The molecule has 0 aliphatic carbocycles. The molecule has 0 saturated heterocycles. The molecule has 6 nitrogen and oxygen atoms in total. The van der Waals surface area contributed by atoms with E-state index in [0.717, 1.165) is 52.1 Å². The molecule has 7 heteroatoms. The predicted octanol–water partition coefficient (Wildman–Crippen LogP) is 4.05. The van der Waals surface area contributed by atoms with E-state index < -0.39 is 0 Å². The van der Waals surface area contributed by atoms with Crippen molar-refractivity contribution in [1.29, 1.82) is 0 Å². The smallest absolute Gasteiger partial charge is 0.191 e. The van der Waals surface area contributed by atoms with Gasteiger partial charge < -0.3 is 20.1 Å². The van der Waals surface area contributed by atoms with Crippen molar-refractivity contribution < 1.29 is 9.47 Å². The van der Waals surface area contributed by atoms with E-state index in [1.165, 1.54) is 0 Å². The highest BCUT2D eigenvalue weighted by Crippen LogP contribution is 2.23. The molecule has 2 aromatic carbocycles. The summed E-state index contributed by atoms with van der Waals surface area (Å²) in [5.74, 6) is 1.62. The van der Waals surface area contributed by atoms with E-state index >= 15 is 0 Å². The normalized spacial score (nSPS) is 11.4. The molecule has 0 unspecified atom stereocenters. The molecule has 0 aliphatic heterocycles. The molecule has 0 fully saturated rings. The molecule has 2 N–H and O–H groups in total. The second-order valence-electron chi connectivity index (χ2n) is 7.07. The molecule has 0 saturated carbocycles. The van der Waals surface area contributed by atoms with Crippen LogP contribution in [0.3, 0.4) is 0 Å². The Bertz CT molecular complexity index is 973. The lowest BCUT2D eigenvalue weighted by Gasteiger charge is -2.15. The fourth-order valence-corrected chi connectivity index (χ4v) is 3.88. The van der Waals surface area contributed by atoms with Gasteiger partial charge in [0.2, 0.25) is 0 Å². The number of thiazole rings is 1. The summed E-state index contributed by atoms with van der Waals surface area (Å²) in [5, 5.41) is 9.90. The molecule has 0 atom stereocenters. The Morgan fingerprint density at radius 1 is 1.10 bits per heavy atom. The molecule has 0 spiro atoms. The van der Waals surface area contributed by atoms with Gasteiger partial charge in [-0.25, -0.2) is 4.98 Å². The van der Waals surface area contributed by atoms with Gasteiger partial charge in [0.25, 0.3) is 0 Å². The molecular weight excluding hydrogens is 408 g/mol. The molecule has 0 bridgehead atoms. The van der Waals surface area contributed by atoms with Crippen molar-refractivity contribution in [3.05, 3.63) is 70.7 Å². The number of hydrogen-bond acceptors (Lipinski definition) is 5. The summed E-state index contributed by atoms with van der Waals surface area (Å²) >= 11 is 1.68. The maximum atomic E-state index is 5.87. The van der Waals surface area contributed by atoms with E-state index in [1.807, 2.05) is 18.2 Å². The molecule has 0 amide bonds. The minimum Gasteiger partial charge on any atom is -0.491 e. The lowest BCUT2D eigenvalue weighted by Crippen LogP contribution is -2.38. The van der Waals surface area contributed by atoms with E-state index in [1.54, 1.807) is 25.5 Å². The average Bonchev–Trinajstić information content (AvgIpc) is 3.27. The van der Waals surface area contributed by atoms with Crippen LogP contribution in [0.25, 0.3) is 10.6 Å². The highest BCUT2D eigenvalue weighted by Gasteiger charge is 2.07. The number of aliphatic imine (C=N–C) groups is 1. The lowest BCUT2D eigenvalue weighted by molar-refractivity contribution is 0.145. The summed E-state index contributed by atoms with van der Waals surface area (Å²) in [4.78, 5) is 9.07. The van der Waals surface area contributed by atoms with E-state index in [9.17, 15) is 0 Å². The number of nitrogens with zero attached hydrogens (tertiary/aromatic N) is 2. The van der Waals surface area contributed by atoms with Gasteiger partial charge in [-0.05, 0) is 18.6 Å². The van der Waals surface area contributed by atoms with Crippen molar-refractivity contribution in [1.82, 2.24) is 15.6 Å². The van der Waals surface area contributed by atoms with Crippen molar-refractivity contribution in [2.45, 2.75) is 19.9 Å². The Morgan fingerprint density at radius 3 is 2.71 bits per heavy atom. The summed E-state index contributed by atoms with van der Waals surface area (Å²) in [5.41, 5.74) is 4.48. The molecule has 164 valence electrons. The first-order valence-corrected chi connectivity index (χ1v) is 11.2. The molecule has 1 aromatic heterocycles. The zero-order valence-corrected chi connectivity index (χ0v) is 19.2. The molecule has 3 rings (SSSR count). The van der Waals surface area contributed by atoms with Crippen LogP contribution in [-0.4, -0.2) is 44.9 Å². The van der Waals surface area contributed by atoms with Crippen LogP contribution in [0.2, 0.25) is 0 Å². The first-order chi connectivity index (χ1) is 15.2. The van der Waals surface area contributed by atoms with Crippen LogP contribution in [0.1, 0.15) is 16.8 Å². The molecule has 0 aliphatic rings. The van der Waals surface area contributed by atoms with Crippen LogP contribution in [0.15, 0.2) is 58.9 Å². The largest absolute Gasteiger partial charge is 0.491 e. The van der Waals surface area contributed by atoms with Crippen LogP contribution in [-0.2, 0) is 17.7 Å². The number of aryl methyl sites for hydroxylation is 1. The summed E-state index contributed by atoms with van der Waals surface area (Å²) in [6, 6.07) is 16.5. The van der Waals surface area contributed by atoms with Crippen LogP contribution >= 0.6 is 11.3 Å². The number of ether oxygens (including phenoxy) is 2. The Morgan fingerprint density at radius 2 is 1.94 bits per heavy atom. The second-order valence-corrected chi connectivity index (χ2v) is 7.92. The van der Waals surface area contributed by atoms with Gasteiger partial charge >= 0.3 is 0 Å². The SMILES string of the molecule is CN=C(NCCc1csc(-c2ccccc2)n1)NCc1ccc(C)cc1OCCOC. The van der Waals surface area contributed by atoms with Gasteiger partial charge in [0.1, 0.15) is 17.4 Å². The maximum absolute atomic E-state index is 5.87. The molecule has 3 aromatic rings. The number of benzene rings is 2. The van der Waals surface area contributed by atoms with Gasteiger partial charge in [0.05, 0.1) is 12.3 Å². The monoisotopic (exact) mass is 438 g/mol. The average molecular weight is 439 g/mol. The van der Waals surface area contributed by atoms with Gasteiger partial charge in [-0.15, -0.1) is 11.3 Å². The topological polar surface area (TPSA) is 67.8 Å². The van der Waals surface area contributed by atoms with Gasteiger partial charge in [0, 0.05) is 50.2 Å². The van der Waals surface area contributed by atoms with Crippen LogP contribution in [0.4, 0.5) is 0 Å². The first kappa shape index (κ1) is 22.8. The third-order valence-corrected chi connectivity index (χ3v) is 5.62. The van der Waals surface area contributed by atoms with E-state index in [-0.39, 0.29) is 0 Å². The number of methoxy groups -OCH3 is 1. The van der Waals surface area contributed by atoms with Gasteiger partial charge in [-0.2, -0.15) is 0 Å². The van der Waals surface area contributed by atoms with Crippen LogP contribution in [0, 0.1) is 6.92 Å². The number of nitrogens with one attached hydrogen (secondary N) is 2. The quantitative estimate of drug-likeness (QED) is 0.284. The maximum Gasteiger partial charge on any atom is 0.191 e. The molecular formula is C24H30N4O2S. The zero-order chi connectivity index (χ0) is 21.9. The summed E-state index contributed by atoms with van der Waals surface area (Å²) in [6.07, 6.45) is 0.833. The summed E-state index contributed by atoms with van der Waals surface area (Å²) in [7, 11) is 3.45. The van der Waals surface area contributed by atoms with Crippen molar-refractivity contribution in [3.8, 4) is 16.3 Å². The predicted molar refractivity (Wildman–Crippen MR) is 128 cm³/mol. The Kier molecular flexibility index (Phi) is 8.87. The third-order valence-electron chi connectivity index (χ3n) is 4.68. The molecule has 31 heavy (non-hydrogen) atoms. The number of guanidine groups is 1. The van der Waals surface area contributed by atoms with Gasteiger partial charge in [-0.3, -0.25) is 4.99 Å². The Labute approximate surface area is 188 Å². The number of aromatic nitrogens is 1. The van der Waals surface area contributed by atoms with Crippen LogP contribution in [0.5, 0.6) is 5.75 Å². The highest BCUT2D eigenvalue weighted by atomic mass is 32.1. The summed E-state index contributed by atoms with van der Waals surface area (Å²) < 4.78 is 11.0. The molecule has 1 heterocycles. The Hall–Kier alpha value is -2.90. The van der Waals surface area contributed by atoms with Gasteiger partial charge in [0.15, 0.2) is 5.96 Å². The number of hydrogen-bond donors (Lipinski definition) is 2. The highest BCUT2D eigenvalue weighted by molar-refractivity contribution is 7.13. The fourth-order valence-electron chi connectivity index (χ4n) is 3.02. The Balaban J connectivity index is 1.49. The van der Waals surface area contributed by atoms with Crippen molar-refractivity contribution in [2.75, 3.05) is 33.9 Å². The first-order valence-electron chi connectivity index (χ1n) is 10.3. The van der Waals surface area contributed by atoms with Gasteiger partial charge in [-0.1, -0.05) is 42.5 Å². The van der Waals surface area contributed by atoms with E-state index in [2.05, 4.69) is 58.3 Å². The van der Waals surface area contributed by atoms with E-state index in [4.69, 9.17) is 14.5 Å².